The highest BCUT2D eigenvalue weighted by Gasteiger charge is 2.11. The predicted molar refractivity (Wildman–Crippen MR) is 72.3 cm³/mol. The summed E-state index contributed by atoms with van der Waals surface area (Å²) in [5, 5.41) is 15.0. The number of halogens is 2. The maximum atomic E-state index is 13.5. The van der Waals surface area contributed by atoms with Gasteiger partial charge in [0, 0.05) is 19.2 Å². The van der Waals surface area contributed by atoms with Crippen molar-refractivity contribution < 1.29 is 13.9 Å². The minimum Gasteiger partial charge on any atom is -0.393 e. The van der Waals surface area contributed by atoms with Crippen LogP contribution in [0, 0.1) is 11.6 Å². The molecule has 1 atom stereocenters. The average molecular weight is 273 g/mol. The predicted octanol–water partition coefficient (Wildman–Crippen LogP) is 2.75. The van der Waals surface area contributed by atoms with Gasteiger partial charge in [0.25, 0.3) is 0 Å². The Morgan fingerprint density at radius 2 is 1.74 bits per heavy atom. The normalized spacial score (nSPS) is 12.3. The van der Waals surface area contributed by atoms with E-state index in [-0.39, 0.29) is 11.6 Å². The van der Waals surface area contributed by atoms with Crippen LogP contribution >= 0.6 is 0 Å². The number of hydrogen-bond donors (Lipinski definition) is 3. The average Bonchev–Trinajstić information content (AvgIpc) is 2.39. The van der Waals surface area contributed by atoms with E-state index in [0.717, 1.165) is 12.5 Å². The fourth-order valence-corrected chi connectivity index (χ4v) is 1.52. The second-order valence-electron chi connectivity index (χ2n) is 4.35. The summed E-state index contributed by atoms with van der Waals surface area (Å²) in [5.41, 5.74) is 0. The van der Waals surface area contributed by atoms with E-state index in [1.807, 2.05) is 13.8 Å². The molecule has 0 saturated carbocycles. The molecule has 0 aromatic carbocycles. The maximum absolute atomic E-state index is 13.5. The summed E-state index contributed by atoms with van der Waals surface area (Å²) in [4.78, 5) is 3.88. The molecule has 1 aromatic rings. The zero-order valence-electron chi connectivity index (χ0n) is 11.3. The van der Waals surface area contributed by atoms with Crippen molar-refractivity contribution in [2.75, 3.05) is 23.7 Å². The Morgan fingerprint density at radius 3 is 2.26 bits per heavy atom. The van der Waals surface area contributed by atoms with Crippen molar-refractivity contribution in [2.45, 2.75) is 39.2 Å². The molecular weight excluding hydrogens is 252 g/mol. The molecule has 0 saturated heterocycles. The molecule has 0 aliphatic heterocycles. The number of aromatic nitrogens is 1. The molecule has 0 radical (unpaired) electrons. The number of aliphatic hydroxyl groups is 1. The topological polar surface area (TPSA) is 57.2 Å². The van der Waals surface area contributed by atoms with Gasteiger partial charge in [-0.2, -0.15) is 0 Å². The van der Waals surface area contributed by atoms with E-state index in [1.165, 1.54) is 0 Å². The first-order chi connectivity index (χ1) is 9.08. The van der Waals surface area contributed by atoms with Gasteiger partial charge in [-0.15, -0.1) is 0 Å². The molecule has 1 aromatic heterocycles. The van der Waals surface area contributed by atoms with E-state index in [4.69, 9.17) is 0 Å². The van der Waals surface area contributed by atoms with Gasteiger partial charge in [0.15, 0.2) is 23.3 Å². The van der Waals surface area contributed by atoms with Crippen LogP contribution in [0.4, 0.5) is 20.4 Å². The number of hydrogen-bond acceptors (Lipinski definition) is 4. The fraction of sp³-hybridized carbons (Fsp3) is 0.615. The number of anilines is 2. The Labute approximate surface area is 112 Å². The molecule has 3 N–H and O–H groups in total. The van der Waals surface area contributed by atoms with Gasteiger partial charge in [-0.05, 0) is 19.3 Å². The van der Waals surface area contributed by atoms with Crippen LogP contribution in [0.1, 0.15) is 33.1 Å². The summed E-state index contributed by atoms with van der Waals surface area (Å²) in [6.45, 7) is 4.77. The van der Waals surface area contributed by atoms with Crippen LogP contribution in [0.2, 0.25) is 0 Å². The Morgan fingerprint density at radius 1 is 1.16 bits per heavy atom. The Kier molecular flexibility index (Phi) is 6.49. The third-order valence-corrected chi connectivity index (χ3v) is 2.71. The van der Waals surface area contributed by atoms with Crippen LogP contribution in [0.5, 0.6) is 0 Å². The third-order valence-electron chi connectivity index (χ3n) is 2.71. The number of nitrogens with one attached hydrogen (secondary N) is 2. The van der Waals surface area contributed by atoms with Crippen molar-refractivity contribution >= 4 is 11.6 Å². The van der Waals surface area contributed by atoms with Gasteiger partial charge in [-0.1, -0.05) is 13.8 Å². The Balaban J connectivity index is 2.66. The van der Waals surface area contributed by atoms with Crippen molar-refractivity contribution in [1.29, 1.82) is 0 Å². The SMILES string of the molecule is CCCNc1nc(NCCC(O)CC)c(F)cc1F. The lowest BCUT2D eigenvalue weighted by atomic mass is 10.2. The largest absolute Gasteiger partial charge is 0.393 e. The van der Waals surface area contributed by atoms with E-state index < -0.39 is 17.7 Å². The van der Waals surface area contributed by atoms with Crippen molar-refractivity contribution in [3.63, 3.8) is 0 Å². The fourth-order valence-electron chi connectivity index (χ4n) is 1.52. The van der Waals surface area contributed by atoms with Crippen LogP contribution in [0.25, 0.3) is 0 Å². The highest BCUT2D eigenvalue weighted by Crippen LogP contribution is 2.19. The zero-order chi connectivity index (χ0) is 14.3. The smallest absolute Gasteiger partial charge is 0.168 e. The van der Waals surface area contributed by atoms with Crippen LogP contribution in [0.15, 0.2) is 6.07 Å². The molecule has 0 aliphatic rings. The second-order valence-corrected chi connectivity index (χ2v) is 4.35. The summed E-state index contributed by atoms with van der Waals surface area (Å²) in [6, 6.07) is 0.809. The summed E-state index contributed by atoms with van der Waals surface area (Å²) >= 11 is 0. The molecular formula is C13H21F2N3O. The van der Waals surface area contributed by atoms with Gasteiger partial charge in [-0.25, -0.2) is 13.8 Å². The van der Waals surface area contributed by atoms with Crippen molar-refractivity contribution in [2.24, 2.45) is 0 Å². The van der Waals surface area contributed by atoms with E-state index in [0.29, 0.717) is 25.9 Å². The molecule has 0 bridgehead atoms. The van der Waals surface area contributed by atoms with Crippen molar-refractivity contribution in [3.8, 4) is 0 Å². The summed E-state index contributed by atoms with van der Waals surface area (Å²) < 4.78 is 26.9. The highest BCUT2D eigenvalue weighted by atomic mass is 19.1. The van der Waals surface area contributed by atoms with Gasteiger partial charge in [0.2, 0.25) is 0 Å². The van der Waals surface area contributed by atoms with Gasteiger partial charge in [0.1, 0.15) is 0 Å². The molecule has 4 nitrogen and oxygen atoms in total. The van der Waals surface area contributed by atoms with Crippen LogP contribution in [0.3, 0.4) is 0 Å². The van der Waals surface area contributed by atoms with Crippen molar-refractivity contribution in [3.05, 3.63) is 17.7 Å². The highest BCUT2D eigenvalue weighted by molar-refractivity contribution is 5.47. The lowest BCUT2D eigenvalue weighted by molar-refractivity contribution is 0.164. The van der Waals surface area contributed by atoms with Crippen LogP contribution in [-0.2, 0) is 0 Å². The monoisotopic (exact) mass is 273 g/mol. The summed E-state index contributed by atoms with van der Waals surface area (Å²) in [7, 11) is 0. The molecule has 1 unspecified atom stereocenters. The summed E-state index contributed by atoms with van der Waals surface area (Å²) in [5.74, 6) is -1.39. The lowest BCUT2D eigenvalue weighted by Crippen LogP contribution is -2.15. The number of pyridine rings is 1. The summed E-state index contributed by atoms with van der Waals surface area (Å²) in [6.07, 6.45) is 1.54. The number of nitrogens with zero attached hydrogens (tertiary/aromatic N) is 1. The number of aliphatic hydroxyl groups excluding tert-OH is 1. The van der Waals surface area contributed by atoms with Gasteiger partial charge >= 0.3 is 0 Å². The molecule has 108 valence electrons. The van der Waals surface area contributed by atoms with E-state index in [2.05, 4.69) is 15.6 Å². The van der Waals surface area contributed by atoms with Gasteiger partial charge < -0.3 is 15.7 Å². The van der Waals surface area contributed by atoms with Crippen LogP contribution in [-0.4, -0.2) is 29.3 Å². The first-order valence-electron chi connectivity index (χ1n) is 6.60. The minimum absolute atomic E-state index is 0.00306. The molecule has 0 spiro atoms. The molecule has 0 amide bonds. The molecule has 1 rings (SSSR count). The van der Waals surface area contributed by atoms with Gasteiger partial charge in [-0.3, -0.25) is 0 Å². The molecule has 19 heavy (non-hydrogen) atoms. The van der Waals surface area contributed by atoms with Crippen LogP contribution < -0.4 is 10.6 Å². The minimum atomic E-state index is -0.731. The Hall–Kier alpha value is -1.43. The zero-order valence-corrected chi connectivity index (χ0v) is 11.3. The number of rotatable bonds is 8. The molecule has 1 heterocycles. The Bertz CT molecular complexity index is 402. The molecule has 6 heteroatoms. The van der Waals surface area contributed by atoms with E-state index in [1.54, 1.807) is 0 Å². The van der Waals surface area contributed by atoms with Crippen molar-refractivity contribution in [1.82, 2.24) is 4.98 Å². The first kappa shape index (κ1) is 15.6. The van der Waals surface area contributed by atoms with E-state index >= 15 is 0 Å². The maximum Gasteiger partial charge on any atom is 0.168 e. The standard InChI is InChI=1S/C13H21F2N3O/c1-3-6-16-12-10(14)8-11(15)13(18-12)17-7-5-9(19)4-2/h8-9,19H,3-7H2,1-2H3,(H2,16,17,18). The lowest BCUT2D eigenvalue weighted by Gasteiger charge is -2.12. The molecule has 0 aliphatic carbocycles. The molecule has 0 fully saturated rings. The first-order valence-corrected chi connectivity index (χ1v) is 6.60. The van der Waals surface area contributed by atoms with E-state index in [9.17, 15) is 13.9 Å². The second kappa shape index (κ2) is 7.89. The quantitative estimate of drug-likeness (QED) is 0.681. The third kappa shape index (κ3) is 4.98. The van der Waals surface area contributed by atoms with Gasteiger partial charge in [0.05, 0.1) is 6.10 Å².